The lowest BCUT2D eigenvalue weighted by atomic mass is 9.75. The highest BCUT2D eigenvalue weighted by Gasteiger charge is 2.42. The van der Waals surface area contributed by atoms with Gasteiger partial charge in [0, 0.05) is 17.0 Å². The Morgan fingerprint density at radius 2 is 2.24 bits per heavy atom. The maximum atomic E-state index is 8.95. The molecule has 1 aliphatic heterocycles. The Hall–Kier alpha value is -1.24. The van der Waals surface area contributed by atoms with Gasteiger partial charge in [-0.1, -0.05) is 11.6 Å². The molecule has 0 unspecified atom stereocenters. The lowest BCUT2D eigenvalue weighted by Gasteiger charge is -2.41. The van der Waals surface area contributed by atoms with Gasteiger partial charge in [-0.25, -0.2) is 0 Å². The average Bonchev–Trinajstić information content (AvgIpc) is 2.22. The highest BCUT2D eigenvalue weighted by Crippen LogP contribution is 2.43. The third-order valence-corrected chi connectivity index (χ3v) is 3.41. The molecule has 0 aromatic heterocycles. The monoisotopic (exact) mass is 251 g/mol. The summed E-state index contributed by atoms with van der Waals surface area (Å²) >= 11 is 6.09. The molecular formula is C13H14ClNO2. The first-order valence-corrected chi connectivity index (χ1v) is 5.80. The van der Waals surface area contributed by atoms with E-state index in [0.717, 1.165) is 16.9 Å². The zero-order valence-electron chi connectivity index (χ0n) is 9.92. The van der Waals surface area contributed by atoms with E-state index in [1.165, 1.54) is 0 Å². The molecule has 1 aliphatic rings. The molecule has 0 saturated carbocycles. The van der Waals surface area contributed by atoms with E-state index in [0.29, 0.717) is 24.7 Å². The molecule has 1 aromatic carbocycles. The van der Waals surface area contributed by atoms with Crippen molar-refractivity contribution in [1.29, 1.82) is 5.26 Å². The fraction of sp³-hybridized carbons (Fsp3) is 0.462. The molecule has 1 heterocycles. The minimum atomic E-state index is -0.254. The third-order valence-electron chi connectivity index (χ3n) is 3.19. The molecule has 0 spiro atoms. The lowest BCUT2D eigenvalue weighted by Crippen LogP contribution is -2.46. The van der Waals surface area contributed by atoms with Crippen LogP contribution in [0.2, 0.25) is 5.02 Å². The summed E-state index contributed by atoms with van der Waals surface area (Å²) in [6.45, 7) is 3.06. The van der Waals surface area contributed by atoms with Crippen molar-refractivity contribution in [2.45, 2.75) is 18.8 Å². The summed E-state index contributed by atoms with van der Waals surface area (Å²) in [7, 11) is 1.64. The van der Waals surface area contributed by atoms with Crippen LogP contribution in [0.3, 0.4) is 0 Å². The van der Waals surface area contributed by atoms with Crippen LogP contribution in [0.5, 0.6) is 5.75 Å². The number of aryl methyl sites for hydroxylation is 1. The van der Waals surface area contributed by atoms with Gasteiger partial charge in [-0.15, -0.1) is 0 Å². The van der Waals surface area contributed by atoms with Crippen LogP contribution >= 0.6 is 11.6 Å². The second-order valence-corrected chi connectivity index (χ2v) is 4.85. The maximum Gasteiger partial charge on any atom is 0.125 e. The van der Waals surface area contributed by atoms with Crippen molar-refractivity contribution < 1.29 is 9.47 Å². The summed E-state index contributed by atoms with van der Waals surface area (Å²) in [6, 6.07) is 5.97. The van der Waals surface area contributed by atoms with Gasteiger partial charge in [-0.3, -0.25) is 0 Å². The van der Waals surface area contributed by atoms with Crippen molar-refractivity contribution in [2.24, 2.45) is 0 Å². The molecule has 4 heteroatoms. The minimum Gasteiger partial charge on any atom is -0.496 e. The van der Waals surface area contributed by atoms with E-state index >= 15 is 0 Å². The molecular weight excluding hydrogens is 238 g/mol. The SMILES string of the molecule is COc1c(C)cc(Cl)cc1C1(CC#N)COC1. The Kier molecular flexibility index (Phi) is 3.28. The van der Waals surface area contributed by atoms with Crippen LogP contribution in [0, 0.1) is 18.3 Å². The highest BCUT2D eigenvalue weighted by molar-refractivity contribution is 6.30. The third kappa shape index (κ3) is 1.99. The number of halogens is 1. The summed E-state index contributed by atoms with van der Waals surface area (Å²) in [6.07, 6.45) is 0.420. The Bertz CT molecular complexity index is 475. The molecule has 90 valence electrons. The second kappa shape index (κ2) is 4.56. The number of benzene rings is 1. The van der Waals surface area contributed by atoms with Gasteiger partial charge in [0.2, 0.25) is 0 Å². The molecule has 2 rings (SSSR count). The number of ether oxygens (including phenoxy) is 2. The predicted molar refractivity (Wildman–Crippen MR) is 65.5 cm³/mol. The topological polar surface area (TPSA) is 42.2 Å². The van der Waals surface area contributed by atoms with Gasteiger partial charge in [-0.05, 0) is 24.6 Å². The number of hydrogen-bond donors (Lipinski definition) is 0. The predicted octanol–water partition coefficient (Wildman–Crippen LogP) is 2.84. The largest absolute Gasteiger partial charge is 0.496 e. The van der Waals surface area contributed by atoms with Crippen molar-refractivity contribution in [1.82, 2.24) is 0 Å². The Morgan fingerprint density at radius 1 is 1.53 bits per heavy atom. The van der Waals surface area contributed by atoms with E-state index in [4.69, 9.17) is 26.3 Å². The lowest BCUT2D eigenvalue weighted by molar-refractivity contribution is -0.0586. The van der Waals surface area contributed by atoms with Gasteiger partial charge < -0.3 is 9.47 Å². The standard InChI is InChI=1S/C13H14ClNO2/c1-9-5-10(14)6-11(12(9)16-2)13(3-4-15)7-17-8-13/h5-6H,3,7-8H2,1-2H3. The number of methoxy groups -OCH3 is 1. The van der Waals surface area contributed by atoms with Crippen LogP contribution in [0.25, 0.3) is 0 Å². The van der Waals surface area contributed by atoms with Crippen LogP contribution in [0.4, 0.5) is 0 Å². The number of nitrogens with zero attached hydrogens (tertiary/aromatic N) is 1. The summed E-state index contributed by atoms with van der Waals surface area (Å²) in [4.78, 5) is 0. The fourth-order valence-electron chi connectivity index (χ4n) is 2.25. The molecule has 0 atom stereocenters. The first kappa shape index (κ1) is 12.2. The fourth-order valence-corrected chi connectivity index (χ4v) is 2.52. The van der Waals surface area contributed by atoms with E-state index in [2.05, 4.69) is 6.07 Å². The van der Waals surface area contributed by atoms with Gasteiger partial charge in [0.1, 0.15) is 5.75 Å². The molecule has 1 aromatic rings. The van der Waals surface area contributed by atoms with Crippen LogP contribution in [-0.2, 0) is 10.2 Å². The van der Waals surface area contributed by atoms with Crippen LogP contribution in [0.1, 0.15) is 17.5 Å². The van der Waals surface area contributed by atoms with Crippen molar-refractivity contribution in [2.75, 3.05) is 20.3 Å². The van der Waals surface area contributed by atoms with Crippen molar-refractivity contribution in [3.05, 3.63) is 28.3 Å². The van der Waals surface area contributed by atoms with E-state index in [9.17, 15) is 0 Å². The average molecular weight is 252 g/mol. The Morgan fingerprint density at radius 3 is 2.71 bits per heavy atom. The van der Waals surface area contributed by atoms with Crippen molar-refractivity contribution in [3.63, 3.8) is 0 Å². The molecule has 0 N–H and O–H groups in total. The minimum absolute atomic E-state index is 0.254. The van der Waals surface area contributed by atoms with Gasteiger partial charge >= 0.3 is 0 Å². The zero-order chi connectivity index (χ0) is 12.5. The Balaban J connectivity index is 2.53. The summed E-state index contributed by atoms with van der Waals surface area (Å²) in [5.74, 6) is 0.813. The van der Waals surface area contributed by atoms with Crippen LogP contribution < -0.4 is 4.74 Å². The van der Waals surface area contributed by atoms with E-state index in [-0.39, 0.29) is 5.41 Å². The smallest absolute Gasteiger partial charge is 0.125 e. The van der Waals surface area contributed by atoms with E-state index in [1.54, 1.807) is 7.11 Å². The molecule has 1 fully saturated rings. The normalized spacial score (nSPS) is 17.1. The summed E-state index contributed by atoms with van der Waals surface area (Å²) in [5, 5.41) is 9.62. The first-order chi connectivity index (χ1) is 8.13. The van der Waals surface area contributed by atoms with Gasteiger partial charge in [0.05, 0.1) is 31.8 Å². The number of hydrogen-bond acceptors (Lipinski definition) is 3. The van der Waals surface area contributed by atoms with E-state index in [1.807, 2.05) is 19.1 Å². The van der Waals surface area contributed by atoms with Crippen molar-refractivity contribution in [3.8, 4) is 11.8 Å². The van der Waals surface area contributed by atoms with Crippen molar-refractivity contribution >= 4 is 11.6 Å². The number of rotatable bonds is 3. The first-order valence-electron chi connectivity index (χ1n) is 5.42. The number of nitriles is 1. The van der Waals surface area contributed by atoms with E-state index < -0.39 is 0 Å². The summed E-state index contributed by atoms with van der Waals surface area (Å²) in [5.41, 5.74) is 1.72. The molecule has 17 heavy (non-hydrogen) atoms. The van der Waals surface area contributed by atoms with Gasteiger partial charge in [-0.2, -0.15) is 5.26 Å². The quantitative estimate of drug-likeness (QED) is 0.830. The highest BCUT2D eigenvalue weighted by atomic mass is 35.5. The molecule has 0 bridgehead atoms. The van der Waals surface area contributed by atoms with Crippen LogP contribution in [-0.4, -0.2) is 20.3 Å². The Labute approximate surface area is 106 Å². The molecule has 1 saturated heterocycles. The van der Waals surface area contributed by atoms with Gasteiger partial charge in [0.25, 0.3) is 0 Å². The molecule has 0 aliphatic carbocycles. The molecule has 3 nitrogen and oxygen atoms in total. The maximum absolute atomic E-state index is 8.95. The molecule has 0 amide bonds. The van der Waals surface area contributed by atoms with Crippen LogP contribution in [0.15, 0.2) is 12.1 Å². The zero-order valence-corrected chi connectivity index (χ0v) is 10.7. The second-order valence-electron chi connectivity index (χ2n) is 4.41. The molecule has 0 radical (unpaired) electrons. The summed E-state index contributed by atoms with van der Waals surface area (Å²) < 4.78 is 10.7. The van der Waals surface area contributed by atoms with Gasteiger partial charge in [0.15, 0.2) is 0 Å².